The van der Waals surface area contributed by atoms with Crippen molar-refractivity contribution in [2.45, 2.75) is 31.5 Å². The fourth-order valence-corrected chi connectivity index (χ4v) is 5.81. The van der Waals surface area contributed by atoms with Gasteiger partial charge in [-0.2, -0.15) is 43.9 Å². The molecule has 0 aromatic carbocycles. The van der Waals surface area contributed by atoms with Gasteiger partial charge in [-0.05, 0) is 6.92 Å². The Labute approximate surface area is 134 Å². The zero-order chi connectivity index (χ0) is 19.7. The van der Waals surface area contributed by atoms with Gasteiger partial charge in [0, 0.05) is 9.03 Å². The molecule has 146 valence electrons. The van der Waals surface area contributed by atoms with Crippen molar-refractivity contribution < 1.29 is 57.5 Å². The van der Waals surface area contributed by atoms with Crippen LogP contribution in [-0.4, -0.2) is 31.2 Å². The van der Waals surface area contributed by atoms with Crippen LogP contribution in [-0.2, 0) is 13.6 Å². The number of rotatable bonds is 6. The van der Waals surface area contributed by atoms with Gasteiger partial charge in [-0.3, -0.25) is 0 Å². The summed E-state index contributed by atoms with van der Waals surface area (Å²) in [5.74, 6) is 0. The van der Waals surface area contributed by atoms with E-state index in [1.54, 1.807) is 0 Å². The standard InChI is InChI=1S/C6H5F10N3O3P3/c1-2-20-24-17-23-18-25(19-24,21-5(13,14)3(7,8)9)22-6(15,16)4(10,11)12/h2H2,1H3/q+1. The highest BCUT2D eigenvalue weighted by atomic mass is 31.2. The molecule has 19 heteroatoms. The maximum atomic E-state index is 13.0. The molecule has 1 heterocycles. The van der Waals surface area contributed by atoms with Crippen LogP contribution in [0, 0.1) is 0 Å². The van der Waals surface area contributed by atoms with Gasteiger partial charge in [0.15, 0.2) is 0 Å². The Morgan fingerprint density at radius 2 is 1.32 bits per heavy atom. The Bertz CT molecular complexity index is 583. The lowest BCUT2D eigenvalue weighted by molar-refractivity contribution is -0.379. The highest BCUT2D eigenvalue weighted by Gasteiger charge is 2.68. The van der Waals surface area contributed by atoms with Crippen molar-refractivity contribution in [1.82, 2.24) is 0 Å². The summed E-state index contributed by atoms with van der Waals surface area (Å²) in [5, 5.41) is 0. The van der Waals surface area contributed by atoms with Crippen molar-refractivity contribution in [3.05, 3.63) is 0 Å². The summed E-state index contributed by atoms with van der Waals surface area (Å²) in [5.41, 5.74) is 0. The van der Waals surface area contributed by atoms with Crippen molar-refractivity contribution in [1.29, 1.82) is 0 Å². The second kappa shape index (κ2) is 7.32. The molecule has 0 saturated carbocycles. The molecule has 0 N–H and O–H groups in total. The summed E-state index contributed by atoms with van der Waals surface area (Å²) in [6.07, 6.45) is -25.3. The zero-order valence-electron chi connectivity index (χ0n) is 11.4. The van der Waals surface area contributed by atoms with E-state index in [1.165, 1.54) is 6.92 Å². The molecule has 0 spiro atoms. The molecule has 0 bridgehead atoms. The third kappa shape index (κ3) is 5.54. The minimum Gasteiger partial charge on any atom is -0.230 e. The Kier molecular flexibility index (Phi) is 6.63. The first-order valence-electron chi connectivity index (χ1n) is 5.54. The highest BCUT2D eigenvalue weighted by molar-refractivity contribution is 7.68. The fraction of sp³-hybridized carbons (Fsp3) is 1.00. The van der Waals surface area contributed by atoms with Gasteiger partial charge in [0.1, 0.15) is 6.61 Å². The van der Waals surface area contributed by atoms with Crippen LogP contribution in [0.2, 0.25) is 0 Å². The number of hydrogen-bond acceptors (Lipinski definition) is 6. The Hall–Kier alpha value is -0.390. The van der Waals surface area contributed by atoms with Crippen LogP contribution in [0.15, 0.2) is 13.5 Å². The Balaban J connectivity index is 3.40. The lowest BCUT2D eigenvalue weighted by Gasteiger charge is -2.27. The van der Waals surface area contributed by atoms with Crippen molar-refractivity contribution in [2.75, 3.05) is 6.61 Å². The predicted octanol–water partition coefficient (Wildman–Crippen LogP) is 6.87. The maximum Gasteiger partial charge on any atom is 0.547 e. The summed E-state index contributed by atoms with van der Waals surface area (Å²) in [6.45, 7) is 1.02. The normalized spacial score (nSPS) is 20.8. The van der Waals surface area contributed by atoms with Crippen LogP contribution >= 0.6 is 24.3 Å². The van der Waals surface area contributed by atoms with Crippen LogP contribution in [0.5, 0.6) is 0 Å². The van der Waals surface area contributed by atoms with Crippen molar-refractivity contribution in [3.8, 4) is 0 Å². The quantitative estimate of drug-likeness (QED) is 0.328. The van der Waals surface area contributed by atoms with Gasteiger partial charge in [-0.25, -0.2) is 9.05 Å². The largest absolute Gasteiger partial charge is 0.547 e. The molecule has 25 heavy (non-hydrogen) atoms. The number of alkyl halides is 10. The van der Waals surface area contributed by atoms with Gasteiger partial charge in [-0.1, -0.05) is 0 Å². The van der Waals surface area contributed by atoms with Gasteiger partial charge in [-0.15, -0.1) is 9.04 Å². The lowest BCUT2D eigenvalue weighted by Crippen LogP contribution is -2.41. The molecular formula is C6H5F10N3O3P3+. The van der Waals surface area contributed by atoms with Crippen molar-refractivity contribution >= 4 is 24.3 Å². The van der Waals surface area contributed by atoms with E-state index >= 15 is 0 Å². The summed E-state index contributed by atoms with van der Waals surface area (Å²) < 4.78 is 145. The molecule has 6 nitrogen and oxygen atoms in total. The molecule has 0 radical (unpaired) electrons. The molecule has 0 fully saturated rings. The minimum absolute atomic E-state index is 0.264. The molecular weight excluding hydrogens is 445 g/mol. The first-order chi connectivity index (χ1) is 11.1. The van der Waals surface area contributed by atoms with E-state index in [-0.39, 0.29) is 6.61 Å². The first kappa shape index (κ1) is 22.7. The molecule has 0 saturated heterocycles. The van der Waals surface area contributed by atoms with Gasteiger partial charge < -0.3 is 0 Å². The third-order valence-electron chi connectivity index (χ3n) is 1.83. The fourth-order valence-electron chi connectivity index (χ4n) is 0.896. The summed E-state index contributed by atoms with van der Waals surface area (Å²) in [7, 11) is -9.32. The van der Waals surface area contributed by atoms with Crippen LogP contribution in [0.25, 0.3) is 0 Å². The van der Waals surface area contributed by atoms with E-state index in [4.69, 9.17) is 0 Å². The molecule has 0 aromatic rings. The monoisotopic (exact) mass is 450 g/mol. The van der Waals surface area contributed by atoms with Crippen LogP contribution < -0.4 is 0 Å². The van der Waals surface area contributed by atoms with E-state index in [2.05, 4.69) is 27.1 Å². The SMILES string of the molecule is CCO[P+]1=NP(OC(F)(F)C(F)(F)F)(OC(F)(F)C(F)(F)F)=NP=N1. The molecule has 1 aliphatic rings. The molecule has 0 aromatic heterocycles. The summed E-state index contributed by atoms with van der Waals surface area (Å²) in [4.78, 5) is 0. The van der Waals surface area contributed by atoms with Crippen molar-refractivity contribution in [2.24, 2.45) is 13.5 Å². The summed E-state index contributed by atoms with van der Waals surface area (Å²) >= 11 is 0. The number of halogens is 10. The van der Waals surface area contributed by atoms with Crippen molar-refractivity contribution in [3.63, 3.8) is 0 Å². The summed E-state index contributed by atoms with van der Waals surface area (Å²) in [6, 6.07) is 0. The maximum absolute atomic E-state index is 13.0. The molecule has 1 rings (SSSR count). The zero-order valence-corrected chi connectivity index (χ0v) is 14.1. The second-order valence-corrected chi connectivity index (χ2v) is 8.17. The molecule has 0 aliphatic carbocycles. The van der Waals surface area contributed by atoms with E-state index in [1.807, 2.05) is 0 Å². The van der Waals surface area contributed by atoms with Gasteiger partial charge in [0.2, 0.25) is 8.52 Å². The van der Waals surface area contributed by atoms with E-state index in [0.717, 1.165) is 0 Å². The van der Waals surface area contributed by atoms with E-state index < -0.39 is 48.8 Å². The topological polar surface area (TPSA) is 64.8 Å². The Morgan fingerprint density at radius 3 is 1.68 bits per heavy atom. The van der Waals surface area contributed by atoms with E-state index in [9.17, 15) is 43.9 Å². The number of nitrogens with zero attached hydrogens (tertiary/aromatic N) is 3. The molecule has 1 unspecified atom stereocenters. The van der Waals surface area contributed by atoms with Gasteiger partial charge in [0.25, 0.3) is 0 Å². The first-order valence-corrected chi connectivity index (χ1v) is 9.04. The average molecular weight is 450 g/mol. The van der Waals surface area contributed by atoms with Crippen LogP contribution in [0.3, 0.4) is 0 Å². The lowest BCUT2D eigenvalue weighted by atomic mass is 10.6. The van der Waals surface area contributed by atoms with Gasteiger partial charge in [0.05, 0.1) is 0 Å². The van der Waals surface area contributed by atoms with Crippen LogP contribution in [0.4, 0.5) is 43.9 Å². The van der Waals surface area contributed by atoms with E-state index in [0.29, 0.717) is 0 Å². The molecule has 1 aliphatic heterocycles. The highest BCUT2D eigenvalue weighted by Crippen LogP contribution is 2.70. The smallest absolute Gasteiger partial charge is 0.230 e. The minimum atomic E-state index is -6.46. The number of hydrogen-bond donors (Lipinski definition) is 0. The average Bonchev–Trinajstić information content (AvgIpc) is 2.34. The van der Waals surface area contributed by atoms with Crippen LogP contribution in [0.1, 0.15) is 6.92 Å². The second-order valence-electron chi connectivity index (χ2n) is 3.73. The molecule has 0 amide bonds. The third-order valence-corrected chi connectivity index (χ3v) is 6.93. The predicted molar refractivity (Wildman–Crippen MR) is 63.8 cm³/mol. The Morgan fingerprint density at radius 1 is 0.880 bits per heavy atom. The molecule has 1 atom stereocenters. The van der Waals surface area contributed by atoms with Gasteiger partial charge >= 0.3 is 40.3 Å².